The molecule has 0 radical (unpaired) electrons. The first-order valence-corrected chi connectivity index (χ1v) is 11.5. The third-order valence-electron chi connectivity index (χ3n) is 3.93. The van der Waals surface area contributed by atoms with E-state index in [9.17, 15) is 0 Å². The molecule has 31 heavy (non-hydrogen) atoms. The number of hydrogen-bond acceptors (Lipinski definition) is 7. The van der Waals surface area contributed by atoms with Crippen molar-refractivity contribution in [3.8, 4) is 22.5 Å². The van der Waals surface area contributed by atoms with Crippen LogP contribution in [0.1, 0.15) is 20.8 Å². The van der Waals surface area contributed by atoms with E-state index in [4.69, 9.17) is 13.6 Å². The van der Waals surface area contributed by atoms with Crippen LogP contribution in [0.15, 0.2) is 75.9 Å². The fraction of sp³-hybridized carbons (Fsp3) is 0.286. The van der Waals surface area contributed by atoms with E-state index in [0.29, 0.717) is 31.2 Å². The van der Waals surface area contributed by atoms with Crippen molar-refractivity contribution in [1.29, 1.82) is 0 Å². The molecule has 162 valence electrons. The number of benzene rings is 2. The molecule has 0 N–H and O–H groups in total. The minimum Gasteiger partial charge on any atom is -0.302 e. The van der Waals surface area contributed by atoms with E-state index in [1.54, 1.807) is 0 Å². The van der Waals surface area contributed by atoms with E-state index in [-0.39, 0.29) is 5.95 Å². The highest BCUT2D eigenvalue weighted by molar-refractivity contribution is 7.51. The number of aromatic nitrogens is 3. The Morgan fingerprint density at radius 3 is 1.74 bits per heavy atom. The summed E-state index contributed by atoms with van der Waals surface area (Å²) < 4.78 is 16.8. The van der Waals surface area contributed by atoms with Crippen LogP contribution in [-0.4, -0.2) is 35.0 Å². The fourth-order valence-corrected chi connectivity index (χ4v) is 4.23. The Hall–Kier alpha value is -2.84. The van der Waals surface area contributed by atoms with Gasteiger partial charge in [0.1, 0.15) is 11.4 Å². The van der Waals surface area contributed by atoms with Gasteiger partial charge >= 0.3 is 7.74 Å². The number of rotatable bonds is 10. The summed E-state index contributed by atoms with van der Waals surface area (Å²) in [7, 11) is -2.97. The lowest BCUT2D eigenvalue weighted by molar-refractivity contribution is 0.162. The van der Waals surface area contributed by atoms with Crippen LogP contribution < -0.4 is 0 Å². The fourth-order valence-electron chi connectivity index (χ4n) is 2.74. The molecule has 0 aliphatic carbocycles. The second-order valence-electron chi connectivity index (χ2n) is 6.04. The Balaban J connectivity index is 2.01. The van der Waals surface area contributed by atoms with Gasteiger partial charge < -0.3 is 13.6 Å². The lowest BCUT2D eigenvalue weighted by Gasteiger charge is -2.19. The summed E-state index contributed by atoms with van der Waals surface area (Å²) in [4.78, 5) is 8.67. The molecule has 9 nitrogen and oxygen atoms in total. The van der Waals surface area contributed by atoms with Crippen LogP contribution in [0, 0.1) is 0 Å². The van der Waals surface area contributed by atoms with E-state index < -0.39 is 7.74 Å². The van der Waals surface area contributed by atoms with Gasteiger partial charge in [0.15, 0.2) is 0 Å². The van der Waals surface area contributed by atoms with E-state index >= 15 is 0 Å². The van der Waals surface area contributed by atoms with Crippen molar-refractivity contribution in [3.63, 3.8) is 0 Å². The minimum atomic E-state index is -2.97. The summed E-state index contributed by atoms with van der Waals surface area (Å²) in [6.45, 7) is 6.61. The quantitative estimate of drug-likeness (QED) is 0.209. The van der Waals surface area contributed by atoms with Gasteiger partial charge in [-0.15, -0.1) is 10.2 Å². The summed E-state index contributed by atoms with van der Waals surface area (Å²) >= 11 is 0. The zero-order chi connectivity index (χ0) is 21.9. The molecule has 3 aromatic rings. The maximum Gasteiger partial charge on any atom is 0.380 e. The van der Waals surface area contributed by atoms with Gasteiger partial charge in [-0.3, -0.25) is 0 Å². The number of hydrogen-bond donors (Lipinski definition) is 0. The van der Waals surface area contributed by atoms with E-state index in [1.165, 1.54) is 0 Å². The summed E-state index contributed by atoms with van der Waals surface area (Å²) in [6.07, 6.45) is 0. The van der Waals surface area contributed by atoms with Gasteiger partial charge in [0, 0.05) is 11.1 Å². The van der Waals surface area contributed by atoms with Crippen LogP contribution in [-0.2, 0) is 13.6 Å². The molecule has 1 heterocycles. The van der Waals surface area contributed by atoms with Crippen molar-refractivity contribution < 1.29 is 13.6 Å². The van der Waals surface area contributed by atoms with Crippen molar-refractivity contribution in [2.45, 2.75) is 20.8 Å². The molecular formula is C21H25N6O3P. The second-order valence-corrected chi connectivity index (χ2v) is 7.93. The second kappa shape index (κ2) is 11.5. The van der Waals surface area contributed by atoms with Gasteiger partial charge in [-0.05, 0) is 26.0 Å². The van der Waals surface area contributed by atoms with Crippen LogP contribution >= 0.6 is 7.74 Å². The van der Waals surface area contributed by atoms with Crippen LogP contribution in [0.5, 0.6) is 0 Å². The highest BCUT2D eigenvalue weighted by atomic mass is 31.2. The molecule has 0 aliphatic rings. The Morgan fingerprint density at radius 1 is 0.710 bits per heavy atom. The van der Waals surface area contributed by atoms with Crippen LogP contribution in [0.4, 0.5) is 5.95 Å². The first-order chi connectivity index (χ1) is 15.2. The van der Waals surface area contributed by atoms with Gasteiger partial charge in [-0.2, -0.15) is 0 Å². The molecule has 0 unspecified atom stereocenters. The Bertz CT molecular complexity index is 1020. The van der Waals surface area contributed by atoms with Gasteiger partial charge in [0.2, 0.25) is 0 Å². The van der Waals surface area contributed by atoms with Crippen molar-refractivity contribution in [2.75, 3.05) is 19.8 Å². The molecular weight excluding hydrogens is 415 g/mol. The molecule has 0 spiro atoms. The van der Waals surface area contributed by atoms with Crippen LogP contribution in [0.3, 0.4) is 0 Å². The predicted molar refractivity (Wildman–Crippen MR) is 119 cm³/mol. The SMILES string of the molecule is CCOP(=N/N=N/c1nnc(-c2ccccc2)c(-c2ccccc2)n1)(OCC)OCC. The number of nitrogens with zero attached hydrogens (tertiary/aromatic N) is 6. The lowest BCUT2D eigenvalue weighted by atomic mass is 10.0. The Kier molecular flexibility index (Phi) is 8.49. The molecule has 0 bridgehead atoms. The predicted octanol–water partition coefficient (Wildman–Crippen LogP) is 6.26. The van der Waals surface area contributed by atoms with E-state index in [1.807, 2.05) is 81.4 Å². The monoisotopic (exact) mass is 440 g/mol. The standard InChI is InChI=1S/C21H25N6O3P/c1-4-28-31(29-5-2,30-6-3)27-26-25-21-22-19(17-13-9-7-10-14-17)20(23-24-21)18-15-11-8-12-16-18/h7-16H,4-6H2,1-3H3/b26-25+. The molecule has 3 rings (SSSR count). The summed E-state index contributed by atoms with van der Waals surface area (Å²) in [5.74, 6) is 0.0740. The zero-order valence-electron chi connectivity index (χ0n) is 17.8. The highest BCUT2D eigenvalue weighted by Crippen LogP contribution is 2.53. The van der Waals surface area contributed by atoms with Crippen molar-refractivity contribution in [2.24, 2.45) is 15.2 Å². The molecule has 0 aliphatic heterocycles. The molecule has 1 aromatic heterocycles. The lowest BCUT2D eigenvalue weighted by Crippen LogP contribution is -2.00. The average molecular weight is 440 g/mol. The molecule has 10 heteroatoms. The first kappa shape index (κ1) is 22.8. The maximum atomic E-state index is 5.61. The van der Waals surface area contributed by atoms with Gasteiger partial charge in [-0.1, -0.05) is 70.6 Å². The van der Waals surface area contributed by atoms with Crippen molar-refractivity contribution >= 4 is 13.7 Å². The minimum absolute atomic E-state index is 0.0740. The average Bonchev–Trinajstić information content (AvgIpc) is 2.81. The molecule has 2 aromatic carbocycles. The Morgan fingerprint density at radius 2 is 1.23 bits per heavy atom. The van der Waals surface area contributed by atoms with Crippen LogP contribution in [0.25, 0.3) is 22.5 Å². The third kappa shape index (κ3) is 6.08. The van der Waals surface area contributed by atoms with Gasteiger partial charge in [-0.25, -0.2) is 4.98 Å². The molecule has 0 saturated carbocycles. The van der Waals surface area contributed by atoms with E-state index in [0.717, 1.165) is 11.1 Å². The molecule has 0 fully saturated rings. The first-order valence-electron chi connectivity index (χ1n) is 10.0. The third-order valence-corrected chi connectivity index (χ3v) is 5.98. The summed E-state index contributed by atoms with van der Waals surface area (Å²) in [5.41, 5.74) is 3.10. The van der Waals surface area contributed by atoms with Crippen molar-refractivity contribution in [1.82, 2.24) is 15.2 Å². The van der Waals surface area contributed by atoms with Gasteiger partial charge in [0.25, 0.3) is 5.95 Å². The summed E-state index contributed by atoms with van der Waals surface area (Å²) in [6, 6.07) is 19.5. The normalized spacial score (nSPS) is 11.7. The largest absolute Gasteiger partial charge is 0.380 e. The van der Waals surface area contributed by atoms with Gasteiger partial charge in [0.05, 0.1) is 19.8 Å². The highest BCUT2D eigenvalue weighted by Gasteiger charge is 2.22. The molecule has 0 saturated heterocycles. The smallest absolute Gasteiger partial charge is 0.302 e. The van der Waals surface area contributed by atoms with Crippen molar-refractivity contribution in [3.05, 3.63) is 60.7 Å². The van der Waals surface area contributed by atoms with E-state index in [2.05, 4.69) is 30.4 Å². The topological polar surface area (TPSA) is 103 Å². The molecule has 0 atom stereocenters. The van der Waals surface area contributed by atoms with Crippen LogP contribution in [0.2, 0.25) is 0 Å². The Labute approximate surface area is 181 Å². The maximum absolute atomic E-state index is 5.61. The zero-order valence-corrected chi connectivity index (χ0v) is 18.6. The summed E-state index contributed by atoms with van der Waals surface area (Å²) in [5, 5.41) is 16.4. The molecule has 0 amide bonds.